The Hall–Kier alpha value is -1.51. The number of nitrogens with one attached hydrogen (secondary N) is 1. The lowest BCUT2D eigenvalue weighted by molar-refractivity contribution is 0.101. The Balaban J connectivity index is 2.59. The molecule has 0 spiro atoms. The van der Waals surface area contributed by atoms with Gasteiger partial charge in [0, 0.05) is 12.2 Å². The smallest absolute Gasteiger partial charge is 0.163 e. The van der Waals surface area contributed by atoms with Crippen LogP contribution in [0.5, 0.6) is 5.75 Å². The second kappa shape index (κ2) is 3.93. The van der Waals surface area contributed by atoms with E-state index in [0.29, 0.717) is 5.75 Å². The van der Waals surface area contributed by atoms with E-state index in [0.717, 1.165) is 36.2 Å². The minimum absolute atomic E-state index is 0.0763. The molecule has 1 aliphatic rings. The van der Waals surface area contributed by atoms with Crippen molar-refractivity contribution in [2.45, 2.75) is 19.8 Å². The number of Topliss-reactive ketones (excluding diaryl/α,β-unsaturated/α-hetero) is 1. The van der Waals surface area contributed by atoms with Crippen molar-refractivity contribution in [1.82, 2.24) is 0 Å². The Morgan fingerprint density at radius 3 is 2.93 bits per heavy atom. The van der Waals surface area contributed by atoms with Crippen LogP contribution in [-0.4, -0.2) is 19.4 Å². The van der Waals surface area contributed by atoms with Crippen molar-refractivity contribution in [2.24, 2.45) is 0 Å². The molecule has 0 bridgehead atoms. The Morgan fingerprint density at radius 1 is 1.47 bits per heavy atom. The van der Waals surface area contributed by atoms with Gasteiger partial charge in [-0.15, -0.1) is 0 Å². The van der Waals surface area contributed by atoms with E-state index in [9.17, 15) is 4.79 Å². The van der Waals surface area contributed by atoms with E-state index in [2.05, 4.69) is 5.32 Å². The van der Waals surface area contributed by atoms with Gasteiger partial charge in [-0.2, -0.15) is 0 Å². The van der Waals surface area contributed by atoms with Crippen LogP contribution in [0.25, 0.3) is 0 Å². The minimum Gasteiger partial charge on any atom is -0.496 e. The van der Waals surface area contributed by atoms with Crippen molar-refractivity contribution in [2.75, 3.05) is 19.0 Å². The van der Waals surface area contributed by atoms with E-state index >= 15 is 0 Å². The lowest BCUT2D eigenvalue weighted by Gasteiger charge is -2.21. The highest BCUT2D eigenvalue weighted by Gasteiger charge is 2.19. The number of anilines is 1. The molecule has 80 valence electrons. The quantitative estimate of drug-likeness (QED) is 0.752. The zero-order valence-electron chi connectivity index (χ0n) is 9.09. The van der Waals surface area contributed by atoms with Crippen LogP contribution in [0, 0.1) is 0 Å². The number of hydrogen-bond donors (Lipinski definition) is 1. The summed E-state index contributed by atoms with van der Waals surface area (Å²) in [6.07, 6.45) is 2.02. The van der Waals surface area contributed by atoms with Gasteiger partial charge in [0.1, 0.15) is 5.75 Å². The molecule has 0 radical (unpaired) electrons. The van der Waals surface area contributed by atoms with Gasteiger partial charge in [-0.1, -0.05) is 0 Å². The largest absolute Gasteiger partial charge is 0.496 e. The number of fused-ring (bicyclic) bond motifs is 1. The van der Waals surface area contributed by atoms with E-state index in [-0.39, 0.29) is 5.78 Å². The Bertz CT molecular complexity index is 399. The summed E-state index contributed by atoms with van der Waals surface area (Å²) >= 11 is 0. The zero-order chi connectivity index (χ0) is 10.8. The first-order valence-electron chi connectivity index (χ1n) is 5.18. The summed E-state index contributed by atoms with van der Waals surface area (Å²) in [5, 5.41) is 3.30. The number of ketones is 1. The number of rotatable bonds is 2. The third kappa shape index (κ3) is 1.69. The fourth-order valence-electron chi connectivity index (χ4n) is 2.10. The average Bonchev–Trinajstić information content (AvgIpc) is 2.27. The molecule has 0 saturated heterocycles. The van der Waals surface area contributed by atoms with Gasteiger partial charge in [0.2, 0.25) is 0 Å². The molecular formula is C12H15NO2. The number of hydrogen-bond acceptors (Lipinski definition) is 3. The van der Waals surface area contributed by atoms with Crippen molar-refractivity contribution in [3.05, 3.63) is 23.3 Å². The Labute approximate surface area is 89.4 Å². The Kier molecular flexibility index (Phi) is 2.62. The molecule has 2 rings (SSSR count). The number of carbonyl (C=O) groups excluding carboxylic acids is 1. The fraction of sp³-hybridized carbons (Fsp3) is 0.417. The summed E-state index contributed by atoms with van der Waals surface area (Å²) in [4.78, 5) is 11.6. The van der Waals surface area contributed by atoms with Gasteiger partial charge in [0.05, 0.1) is 12.7 Å². The molecule has 0 fully saturated rings. The molecule has 1 aromatic rings. The molecule has 0 unspecified atom stereocenters. The summed E-state index contributed by atoms with van der Waals surface area (Å²) in [5.41, 5.74) is 2.92. The van der Waals surface area contributed by atoms with Gasteiger partial charge in [-0.25, -0.2) is 0 Å². The molecule has 3 nitrogen and oxygen atoms in total. The van der Waals surface area contributed by atoms with E-state index in [1.54, 1.807) is 14.0 Å². The number of methoxy groups -OCH3 is 1. The van der Waals surface area contributed by atoms with E-state index in [1.165, 1.54) is 0 Å². The van der Waals surface area contributed by atoms with Gasteiger partial charge >= 0.3 is 0 Å². The molecule has 0 amide bonds. The predicted octanol–water partition coefficient (Wildman–Crippen LogP) is 2.26. The highest BCUT2D eigenvalue weighted by Crippen LogP contribution is 2.32. The maximum atomic E-state index is 11.6. The second-order valence-electron chi connectivity index (χ2n) is 3.76. The molecule has 3 heteroatoms. The van der Waals surface area contributed by atoms with Gasteiger partial charge in [0.25, 0.3) is 0 Å². The van der Waals surface area contributed by atoms with Crippen LogP contribution in [0.15, 0.2) is 12.1 Å². The lowest BCUT2D eigenvalue weighted by Crippen LogP contribution is -2.15. The molecule has 0 aromatic heterocycles. The van der Waals surface area contributed by atoms with E-state index in [1.807, 2.05) is 12.1 Å². The average molecular weight is 205 g/mol. The Morgan fingerprint density at radius 2 is 2.27 bits per heavy atom. The third-order valence-corrected chi connectivity index (χ3v) is 2.77. The van der Waals surface area contributed by atoms with Crippen LogP contribution in [0.3, 0.4) is 0 Å². The van der Waals surface area contributed by atoms with Gasteiger partial charge in [-0.05, 0) is 37.5 Å². The van der Waals surface area contributed by atoms with Crippen molar-refractivity contribution < 1.29 is 9.53 Å². The van der Waals surface area contributed by atoms with Crippen LogP contribution < -0.4 is 10.1 Å². The summed E-state index contributed by atoms with van der Waals surface area (Å²) < 4.78 is 5.22. The molecule has 1 aliphatic heterocycles. The summed E-state index contributed by atoms with van der Waals surface area (Å²) in [7, 11) is 1.60. The number of benzene rings is 1. The maximum Gasteiger partial charge on any atom is 0.163 e. The molecule has 0 saturated carbocycles. The highest BCUT2D eigenvalue weighted by atomic mass is 16.5. The summed E-state index contributed by atoms with van der Waals surface area (Å²) in [6, 6.07) is 3.84. The monoisotopic (exact) mass is 205 g/mol. The van der Waals surface area contributed by atoms with Crippen LogP contribution in [-0.2, 0) is 6.42 Å². The van der Waals surface area contributed by atoms with Crippen LogP contribution >= 0.6 is 0 Å². The number of carbonyl (C=O) groups is 1. The normalized spacial score (nSPS) is 14.0. The summed E-state index contributed by atoms with van der Waals surface area (Å²) in [5.74, 6) is 0.761. The third-order valence-electron chi connectivity index (χ3n) is 2.77. The zero-order valence-corrected chi connectivity index (χ0v) is 9.09. The lowest BCUT2D eigenvalue weighted by atomic mass is 9.95. The molecule has 15 heavy (non-hydrogen) atoms. The first-order valence-corrected chi connectivity index (χ1v) is 5.18. The maximum absolute atomic E-state index is 11.6. The second-order valence-corrected chi connectivity index (χ2v) is 3.76. The van der Waals surface area contributed by atoms with Crippen LogP contribution in [0.1, 0.15) is 29.3 Å². The minimum atomic E-state index is 0.0763. The SMILES string of the molecule is COc1ccc2c(c1C(C)=O)CCCN2. The molecule has 1 heterocycles. The van der Waals surface area contributed by atoms with Crippen molar-refractivity contribution in [3.8, 4) is 5.75 Å². The van der Waals surface area contributed by atoms with E-state index in [4.69, 9.17) is 4.74 Å². The first-order chi connectivity index (χ1) is 7.24. The topological polar surface area (TPSA) is 38.3 Å². The van der Waals surface area contributed by atoms with E-state index < -0.39 is 0 Å². The molecule has 0 aliphatic carbocycles. The summed E-state index contributed by atoms with van der Waals surface area (Å²) in [6.45, 7) is 2.57. The highest BCUT2D eigenvalue weighted by molar-refractivity contribution is 6.00. The first kappa shape index (κ1) is 10.0. The van der Waals surface area contributed by atoms with Crippen molar-refractivity contribution >= 4 is 11.5 Å². The van der Waals surface area contributed by atoms with Gasteiger partial charge in [-0.3, -0.25) is 4.79 Å². The molecule has 1 N–H and O–H groups in total. The molecular weight excluding hydrogens is 190 g/mol. The van der Waals surface area contributed by atoms with Crippen molar-refractivity contribution in [3.63, 3.8) is 0 Å². The standard InChI is InChI=1S/C12H15NO2/c1-8(14)12-9-4-3-7-13-10(9)5-6-11(12)15-2/h5-6,13H,3-4,7H2,1-2H3. The van der Waals surface area contributed by atoms with Crippen LogP contribution in [0.2, 0.25) is 0 Å². The van der Waals surface area contributed by atoms with Gasteiger partial charge < -0.3 is 10.1 Å². The van der Waals surface area contributed by atoms with Crippen molar-refractivity contribution in [1.29, 1.82) is 0 Å². The predicted molar refractivity (Wildman–Crippen MR) is 59.8 cm³/mol. The molecule has 1 aromatic carbocycles. The van der Waals surface area contributed by atoms with Gasteiger partial charge in [0.15, 0.2) is 5.78 Å². The fourth-order valence-corrected chi connectivity index (χ4v) is 2.10. The molecule has 0 atom stereocenters. The van der Waals surface area contributed by atoms with Crippen LogP contribution in [0.4, 0.5) is 5.69 Å². The number of ether oxygens (including phenoxy) is 1.